The average Bonchev–Trinajstić information content (AvgIpc) is 2.67. The van der Waals surface area contributed by atoms with Crippen molar-refractivity contribution in [3.8, 4) is 0 Å². The molecule has 5 N–H and O–H groups in total. The van der Waals surface area contributed by atoms with Crippen molar-refractivity contribution < 1.29 is 19.5 Å². The first-order valence-electron chi connectivity index (χ1n) is 9.85. The van der Waals surface area contributed by atoms with E-state index in [2.05, 4.69) is 10.6 Å². The molecule has 27 heavy (non-hydrogen) atoms. The Morgan fingerprint density at radius 2 is 1.85 bits per heavy atom. The van der Waals surface area contributed by atoms with Crippen molar-refractivity contribution in [3.05, 3.63) is 0 Å². The molecule has 1 saturated carbocycles. The lowest BCUT2D eigenvalue weighted by atomic mass is 9.81. The second-order valence-corrected chi connectivity index (χ2v) is 8.54. The van der Waals surface area contributed by atoms with E-state index in [9.17, 15) is 19.5 Å². The minimum Gasteiger partial charge on any atom is -0.480 e. The number of rotatable bonds is 11. The largest absolute Gasteiger partial charge is 0.480 e. The fourth-order valence-corrected chi connectivity index (χ4v) is 3.76. The number of nitrogens with one attached hydrogen (secondary N) is 2. The van der Waals surface area contributed by atoms with Crippen LogP contribution < -0.4 is 16.4 Å². The zero-order valence-electron chi connectivity index (χ0n) is 16.7. The molecule has 0 bridgehead atoms. The minimum atomic E-state index is -0.980. The third-order valence-electron chi connectivity index (χ3n) is 5.57. The first kappa shape index (κ1) is 23.8. The van der Waals surface area contributed by atoms with Crippen LogP contribution in [-0.4, -0.2) is 53.5 Å². The molecule has 0 aliphatic heterocycles. The molecular formula is C19H35N3O4S. The van der Waals surface area contributed by atoms with Gasteiger partial charge in [0, 0.05) is 12.5 Å². The third-order valence-corrected chi connectivity index (χ3v) is 6.21. The summed E-state index contributed by atoms with van der Waals surface area (Å²) >= 11 is 1.57. The highest BCUT2D eigenvalue weighted by Gasteiger charge is 2.29. The summed E-state index contributed by atoms with van der Waals surface area (Å²) in [6.07, 6.45) is 6.34. The van der Waals surface area contributed by atoms with Gasteiger partial charge in [0.05, 0.1) is 6.04 Å². The zero-order valence-corrected chi connectivity index (χ0v) is 17.5. The van der Waals surface area contributed by atoms with E-state index >= 15 is 0 Å². The Hall–Kier alpha value is -1.28. The van der Waals surface area contributed by atoms with Crippen LogP contribution in [0.15, 0.2) is 0 Å². The Balaban J connectivity index is 2.37. The molecule has 8 heteroatoms. The van der Waals surface area contributed by atoms with Crippen LogP contribution in [0.2, 0.25) is 0 Å². The quantitative estimate of drug-likeness (QED) is 0.417. The third kappa shape index (κ3) is 8.09. The fourth-order valence-electron chi connectivity index (χ4n) is 3.29. The number of carboxylic acid groups (broad SMARTS) is 1. The maximum atomic E-state index is 12.4. The van der Waals surface area contributed by atoms with Crippen molar-refractivity contribution in [2.24, 2.45) is 23.5 Å². The number of hydrogen-bond acceptors (Lipinski definition) is 5. The molecule has 0 aromatic heterocycles. The number of aliphatic carboxylic acids is 1. The van der Waals surface area contributed by atoms with Gasteiger partial charge in [-0.25, -0.2) is 4.79 Å². The van der Waals surface area contributed by atoms with Gasteiger partial charge in [-0.3, -0.25) is 9.59 Å². The van der Waals surface area contributed by atoms with Crippen LogP contribution in [0.5, 0.6) is 0 Å². The lowest BCUT2D eigenvalue weighted by molar-refractivity contribution is -0.142. The molecule has 0 heterocycles. The highest BCUT2D eigenvalue weighted by Crippen LogP contribution is 2.28. The Morgan fingerprint density at radius 1 is 1.22 bits per heavy atom. The number of carboxylic acids is 1. The highest BCUT2D eigenvalue weighted by atomic mass is 32.2. The molecule has 0 saturated heterocycles. The summed E-state index contributed by atoms with van der Waals surface area (Å²) in [7, 11) is 0. The second kappa shape index (κ2) is 12.2. The molecule has 7 nitrogen and oxygen atoms in total. The van der Waals surface area contributed by atoms with E-state index in [0.717, 1.165) is 32.1 Å². The molecule has 2 amide bonds. The van der Waals surface area contributed by atoms with E-state index in [4.69, 9.17) is 5.73 Å². The number of hydrogen-bond donors (Lipinski definition) is 4. The van der Waals surface area contributed by atoms with Gasteiger partial charge in [-0.2, -0.15) is 11.8 Å². The number of carbonyl (C=O) groups excluding carboxylic acids is 2. The van der Waals surface area contributed by atoms with Gasteiger partial charge in [-0.15, -0.1) is 0 Å². The van der Waals surface area contributed by atoms with Crippen LogP contribution in [0, 0.1) is 17.8 Å². The summed E-state index contributed by atoms with van der Waals surface area (Å²) < 4.78 is 0. The predicted octanol–water partition coefficient (Wildman–Crippen LogP) is 1.60. The van der Waals surface area contributed by atoms with Crippen molar-refractivity contribution >= 4 is 29.5 Å². The predicted molar refractivity (Wildman–Crippen MR) is 108 cm³/mol. The summed E-state index contributed by atoms with van der Waals surface area (Å²) in [5.74, 6) is -0.205. The normalized spacial score (nSPS) is 23.1. The van der Waals surface area contributed by atoms with Crippen LogP contribution >= 0.6 is 11.8 Å². The number of nitrogens with two attached hydrogens (primary N) is 1. The second-order valence-electron chi connectivity index (χ2n) is 7.56. The molecular weight excluding hydrogens is 366 g/mol. The molecule has 1 fully saturated rings. The van der Waals surface area contributed by atoms with Crippen molar-refractivity contribution in [2.75, 3.05) is 18.6 Å². The average molecular weight is 402 g/mol. The summed E-state index contributed by atoms with van der Waals surface area (Å²) in [5.41, 5.74) is 5.94. The molecule has 0 aromatic carbocycles. The van der Waals surface area contributed by atoms with Crippen LogP contribution in [0.25, 0.3) is 0 Å². The molecule has 0 radical (unpaired) electrons. The van der Waals surface area contributed by atoms with Crippen LogP contribution in [0.4, 0.5) is 0 Å². The molecule has 1 unspecified atom stereocenters. The van der Waals surface area contributed by atoms with Crippen molar-refractivity contribution in [1.82, 2.24) is 10.6 Å². The number of carbonyl (C=O) groups is 3. The van der Waals surface area contributed by atoms with Gasteiger partial charge in [-0.05, 0) is 55.9 Å². The topological polar surface area (TPSA) is 122 Å². The molecule has 3 atom stereocenters. The lowest BCUT2D eigenvalue weighted by Gasteiger charge is -2.29. The lowest BCUT2D eigenvalue weighted by Crippen LogP contribution is -2.47. The van der Waals surface area contributed by atoms with E-state index in [0.29, 0.717) is 24.6 Å². The van der Waals surface area contributed by atoms with E-state index in [1.54, 1.807) is 11.8 Å². The molecule has 1 rings (SSSR count). The summed E-state index contributed by atoms with van der Waals surface area (Å²) in [6, 6.07) is -1.30. The van der Waals surface area contributed by atoms with Crippen LogP contribution in [-0.2, 0) is 14.4 Å². The van der Waals surface area contributed by atoms with Gasteiger partial charge in [0.25, 0.3) is 0 Å². The summed E-state index contributed by atoms with van der Waals surface area (Å²) in [5, 5.41) is 14.9. The first-order chi connectivity index (χ1) is 12.8. The Bertz CT molecular complexity index is 495. The molecule has 1 aliphatic carbocycles. The molecule has 0 aromatic rings. The van der Waals surface area contributed by atoms with Gasteiger partial charge in [0.2, 0.25) is 11.8 Å². The van der Waals surface area contributed by atoms with Gasteiger partial charge in [0.1, 0.15) is 6.04 Å². The van der Waals surface area contributed by atoms with Crippen molar-refractivity contribution in [3.63, 3.8) is 0 Å². The SMILES string of the molecule is CCC(C)[C@H](N)C(=O)NCC1CCC(C(=O)N[C@@H](CCSC)C(=O)O)CC1. The maximum absolute atomic E-state index is 12.4. The van der Waals surface area contributed by atoms with Gasteiger partial charge in [-0.1, -0.05) is 20.3 Å². The Morgan fingerprint density at radius 3 is 2.37 bits per heavy atom. The summed E-state index contributed by atoms with van der Waals surface area (Å²) in [6.45, 7) is 4.57. The zero-order chi connectivity index (χ0) is 20.4. The monoisotopic (exact) mass is 401 g/mol. The summed E-state index contributed by atoms with van der Waals surface area (Å²) in [4.78, 5) is 35.7. The maximum Gasteiger partial charge on any atom is 0.326 e. The molecule has 1 aliphatic rings. The molecule has 156 valence electrons. The highest BCUT2D eigenvalue weighted by molar-refractivity contribution is 7.98. The van der Waals surface area contributed by atoms with Gasteiger partial charge < -0.3 is 21.5 Å². The fraction of sp³-hybridized carbons (Fsp3) is 0.842. The van der Waals surface area contributed by atoms with Crippen LogP contribution in [0.3, 0.4) is 0 Å². The smallest absolute Gasteiger partial charge is 0.326 e. The standard InChI is InChI=1S/C19H35N3O4S/c1-4-12(2)16(20)18(24)21-11-13-5-7-14(8-6-13)17(23)22-15(19(25)26)9-10-27-3/h12-16H,4-11,20H2,1-3H3,(H,21,24)(H,22,23)(H,25,26)/t12?,13?,14?,15-,16-/m0/s1. The van der Waals surface area contributed by atoms with E-state index < -0.39 is 18.1 Å². The van der Waals surface area contributed by atoms with E-state index in [1.165, 1.54) is 0 Å². The van der Waals surface area contributed by atoms with E-state index in [1.807, 2.05) is 20.1 Å². The number of thioether (sulfide) groups is 1. The molecule has 0 spiro atoms. The Kier molecular flexibility index (Phi) is 10.8. The Labute approximate surface area is 166 Å². The van der Waals surface area contributed by atoms with Gasteiger partial charge in [0.15, 0.2) is 0 Å². The van der Waals surface area contributed by atoms with Crippen molar-refractivity contribution in [2.45, 2.75) is 64.5 Å². The first-order valence-corrected chi connectivity index (χ1v) is 11.2. The minimum absolute atomic E-state index is 0.109. The van der Waals surface area contributed by atoms with Crippen molar-refractivity contribution in [1.29, 1.82) is 0 Å². The van der Waals surface area contributed by atoms with Crippen LogP contribution in [0.1, 0.15) is 52.4 Å². The number of amides is 2. The van der Waals surface area contributed by atoms with E-state index in [-0.39, 0.29) is 23.7 Å². The van der Waals surface area contributed by atoms with Gasteiger partial charge >= 0.3 is 5.97 Å².